The van der Waals surface area contributed by atoms with Crippen molar-refractivity contribution in [2.24, 2.45) is 0 Å². The summed E-state index contributed by atoms with van der Waals surface area (Å²) < 4.78 is 5.10. The molecule has 0 fully saturated rings. The lowest BCUT2D eigenvalue weighted by atomic mass is 9.93. The zero-order valence-corrected chi connectivity index (χ0v) is 11.8. The van der Waals surface area contributed by atoms with Gasteiger partial charge in [-0.05, 0) is 26.2 Å². The highest BCUT2D eigenvalue weighted by molar-refractivity contribution is 5.78. The maximum absolute atomic E-state index is 11.5. The van der Waals surface area contributed by atoms with E-state index in [1.807, 2.05) is 13.8 Å². The minimum atomic E-state index is -0.796. The van der Waals surface area contributed by atoms with Crippen molar-refractivity contribution in [3.63, 3.8) is 0 Å². The van der Waals surface area contributed by atoms with E-state index < -0.39 is 11.5 Å². The highest BCUT2D eigenvalue weighted by atomic mass is 16.5. The van der Waals surface area contributed by atoms with Crippen molar-refractivity contribution < 1.29 is 14.6 Å². The van der Waals surface area contributed by atoms with Crippen LogP contribution in [0.2, 0.25) is 0 Å². The van der Waals surface area contributed by atoms with Crippen LogP contribution < -0.4 is 0 Å². The quantitative estimate of drug-likeness (QED) is 0.677. The second-order valence-corrected chi connectivity index (χ2v) is 4.59. The molecule has 0 aliphatic rings. The summed E-state index contributed by atoms with van der Waals surface area (Å²) >= 11 is 0. The van der Waals surface area contributed by atoms with Crippen molar-refractivity contribution in [1.82, 2.24) is 4.90 Å². The van der Waals surface area contributed by atoms with Gasteiger partial charge in [0.2, 0.25) is 0 Å². The summed E-state index contributed by atoms with van der Waals surface area (Å²) in [5.41, 5.74) is -0.796. The molecule has 102 valence electrons. The molecule has 0 aromatic carbocycles. The summed E-state index contributed by atoms with van der Waals surface area (Å²) in [7, 11) is 1.65. The monoisotopic (exact) mass is 245 g/mol. The third kappa shape index (κ3) is 3.96. The molecule has 0 aliphatic carbocycles. The third-order valence-electron chi connectivity index (χ3n) is 3.70. The van der Waals surface area contributed by atoms with Crippen molar-refractivity contribution in [1.29, 1.82) is 0 Å². The van der Waals surface area contributed by atoms with Crippen molar-refractivity contribution in [3.05, 3.63) is 0 Å². The van der Waals surface area contributed by atoms with Crippen LogP contribution in [0.25, 0.3) is 0 Å². The van der Waals surface area contributed by atoms with Gasteiger partial charge in [0.25, 0.3) is 0 Å². The minimum Gasteiger partial charge on any atom is -0.480 e. The number of hydrogen-bond acceptors (Lipinski definition) is 3. The van der Waals surface area contributed by atoms with E-state index in [4.69, 9.17) is 4.74 Å². The van der Waals surface area contributed by atoms with Gasteiger partial charge in [-0.2, -0.15) is 0 Å². The van der Waals surface area contributed by atoms with E-state index in [0.29, 0.717) is 25.6 Å². The molecule has 0 rings (SSSR count). The van der Waals surface area contributed by atoms with Gasteiger partial charge in [-0.3, -0.25) is 9.69 Å². The maximum atomic E-state index is 11.5. The van der Waals surface area contributed by atoms with Crippen LogP contribution in [-0.2, 0) is 9.53 Å². The Balaban J connectivity index is 5.04. The lowest BCUT2D eigenvalue weighted by molar-refractivity contribution is -0.153. The van der Waals surface area contributed by atoms with Crippen LogP contribution in [0.5, 0.6) is 0 Å². The molecule has 0 aliphatic heterocycles. The zero-order chi connectivity index (χ0) is 13.5. The lowest BCUT2D eigenvalue weighted by Gasteiger charge is -2.42. The Morgan fingerprint density at radius 2 is 1.88 bits per heavy atom. The van der Waals surface area contributed by atoms with Crippen molar-refractivity contribution in [2.75, 3.05) is 20.3 Å². The fourth-order valence-corrected chi connectivity index (χ4v) is 2.23. The molecule has 0 bridgehead atoms. The molecule has 17 heavy (non-hydrogen) atoms. The van der Waals surface area contributed by atoms with Gasteiger partial charge in [-0.15, -0.1) is 0 Å². The topological polar surface area (TPSA) is 49.8 Å². The van der Waals surface area contributed by atoms with E-state index in [2.05, 4.69) is 18.7 Å². The first-order valence-corrected chi connectivity index (χ1v) is 6.46. The fraction of sp³-hybridized carbons (Fsp3) is 0.923. The summed E-state index contributed by atoms with van der Waals surface area (Å²) in [6.07, 6.45) is 2.52. The van der Waals surface area contributed by atoms with Crippen molar-refractivity contribution in [3.8, 4) is 0 Å². The first kappa shape index (κ1) is 16.4. The number of aliphatic carboxylic acids is 1. The van der Waals surface area contributed by atoms with Gasteiger partial charge in [-0.25, -0.2) is 0 Å². The Morgan fingerprint density at radius 1 is 1.35 bits per heavy atom. The Morgan fingerprint density at radius 3 is 2.18 bits per heavy atom. The van der Waals surface area contributed by atoms with Gasteiger partial charge < -0.3 is 9.84 Å². The van der Waals surface area contributed by atoms with Crippen LogP contribution in [-0.4, -0.2) is 47.8 Å². The smallest absolute Gasteiger partial charge is 0.323 e. The molecule has 0 heterocycles. The van der Waals surface area contributed by atoms with E-state index in [1.165, 1.54) is 0 Å². The highest BCUT2D eigenvalue weighted by Crippen LogP contribution is 2.25. The Labute approximate surface area is 105 Å². The first-order chi connectivity index (χ1) is 7.97. The molecule has 1 atom stereocenters. The molecule has 0 aromatic heterocycles. The molecule has 0 saturated carbocycles. The molecule has 1 unspecified atom stereocenters. The highest BCUT2D eigenvalue weighted by Gasteiger charge is 2.40. The van der Waals surface area contributed by atoms with Crippen LogP contribution in [0, 0.1) is 0 Å². The van der Waals surface area contributed by atoms with Crippen molar-refractivity contribution >= 4 is 5.97 Å². The van der Waals surface area contributed by atoms with E-state index in [9.17, 15) is 9.90 Å². The van der Waals surface area contributed by atoms with E-state index in [1.54, 1.807) is 7.11 Å². The van der Waals surface area contributed by atoms with E-state index in [-0.39, 0.29) is 0 Å². The number of carboxylic acids is 1. The van der Waals surface area contributed by atoms with Crippen LogP contribution in [0.1, 0.15) is 47.0 Å². The van der Waals surface area contributed by atoms with E-state index in [0.717, 1.165) is 12.8 Å². The molecule has 1 N–H and O–H groups in total. The number of carbonyl (C=O) groups is 1. The SMILES string of the molecule is CCC(CC)N(CCOC)C(C)(CC)C(=O)O. The van der Waals surface area contributed by atoms with Crippen LogP contribution >= 0.6 is 0 Å². The number of hydrogen-bond donors (Lipinski definition) is 1. The molecule has 4 heteroatoms. The minimum absolute atomic E-state index is 0.297. The number of methoxy groups -OCH3 is 1. The van der Waals surface area contributed by atoms with Gasteiger partial charge >= 0.3 is 5.97 Å². The van der Waals surface area contributed by atoms with Gasteiger partial charge in [-0.1, -0.05) is 20.8 Å². The normalized spacial score (nSPS) is 15.2. The maximum Gasteiger partial charge on any atom is 0.323 e. The summed E-state index contributed by atoms with van der Waals surface area (Å²) in [6.45, 7) is 9.18. The molecular formula is C13H27NO3. The third-order valence-corrected chi connectivity index (χ3v) is 3.70. The Bertz CT molecular complexity index is 229. The van der Waals surface area contributed by atoms with Gasteiger partial charge in [0, 0.05) is 19.7 Å². The van der Waals surface area contributed by atoms with Crippen LogP contribution in [0.4, 0.5) is 0 Å². The number of ether oxygens (including phenoxy) is 1. The molecule has 0 spiro atoms. The van der Waals surface area contributed by atoms with Crippen LogP contribution in [0.15, 0.2) is 0 Å². The van der Waals surface area contributed by atoms with Crippen LogP contribution in [0.3, 0.4) is 0 Å². The summed E-state index contributed by atoms with van der Waals surface area (Å²) in [6, 6.07) is 0.297. The average molecular weight is 245 g/mol. The predicted octanol–water partition coefficient (Wildman–Crippen LogP) is 2.38. The molecule has 0 aromatic rings. The molecular weight excluding hydrogens is 218 g/mol. The fourth-order valence-electron chi connectivity index (χ4n) is 2.23. The standard InChI is InChI=1S/C13H27NO3/c1-6-11(7-2)14(9-10-17-5)13(4,8-3)12(15)16/h11H,6-10H2,1-5H3,(H,15,16). The van der Waals surface area contributed by atoms with Gasteiger partial charge in [0.1, 0.15) is 5.54 Å². The number of nitrogens with zero attached hydrogens (tertiary/aromatic N) is 1. The van der Waals surface area contributed by atoms with Gasteiger partial charge in [0.15, 0.2) is 0 Å². The number of carboxylic acid groups (broad SMARTS) is 1. The molecule has 0 amide bonds. The summed E-state index contributed by atoms with van der Waals surface area (Å²) in [5.74, 6) is -0.747. The van der Waals surface area contributed by atoms with Gasteiger partial charge in [0.05, 0.1) is 6.61 Å². The first-order valence-electron chi connectivity index (χ1n) is 6.46. The summed E-state index contributed by atoms with van der Waals surface area (Å²) in [5, 5.41) is 9.46. The second-order valence-electron chi connectivity index (χ2n) is 4.59. The second kappa shape index (κ2) is 7.67. The largest absolute Gasteiger partial charge is 0.480 e. The zero-order valence-electron chi connectivity index (χ0n) is 11.8. The Kier molecular flexibility index (Phi) is 7.39. The molecule has 0 radical (unpaired) electrons. The molecule has 0 saturated heterocycles. The number of rotatable bonds is 9. The lowest BCUT2D eigenvalue weighted by Crippen LogP contribution is -2.57. The average Bonchev–Trinajstić information content (AvgIpc) is 2.33. The van der Waals surface area contributed by atoms with E-state index >= 15 is 0 Å². The Hall–Kier alpha value is -0.610. The van der Waals surface area contributed by atoms with Crippen molar-refractivity contribution in [2.45, 2.75) is 58.5 Å². The molecule has 4 nitrogen and oxygen atoms in total. The summed E-state index contributed by atoms with van der Waals surface area (Å²) in [4.78, 5) is 13.6. The predicted molar refractivity (Wildman–Crippen MR) is 69.3 cm³/mol.